The first-order chi connectivity index (χ1) is 21.3. The maximum Gasteiger partial charge on any atom is 0.472 e. The number of nitrogens with zero attached hydrogens (tertiary/aromatic N) is 6. The Morgan fingerprint density at radius 2 is 1.82 bits per heavy atom. The van der Waals surface area contributed by atoms with Gasteiger partial charge in [-0.05, 0) is 12.5 Å². The Morgan fingerprint density at radius 1 is 1.02 bits per heavy atom. The molecule has 242 valence electrons. The molecule has 8 N–H and O–H groups in total. The second kappa shape index (κ2) is 10.9. The van der Waals surface area contributed by atoms with Crippen LogP contribution in [-0.4, -0.2) is 92.9 Å². The van der Waals surface area contributed by atoms with E-state index in [1.54, 1.807) is 16.8 Å². The Morgan fingerprint density at radius 3 is 2.62 bits per heavy atom. The van der Waals surface area contributed by atoms with Crippen molar-refractivity contribution in [3.63, 3.8) is 0 Å². The fourth-order valence-electron chi connectivity index (χ4n) is 5.97. The van der Waals surface area contributed by atoms with E-state index in [1.807, 2.05) is 0 Å². The van der Waals surface area contributed by atoms with Gasteiger partial charge in [0.2, 0.25) is 5.95 Å². The largest absolute Gasteiger partial charge is 0.756 e. The molecule has 0 amide bonds. The summed E-state index contributed by atoms with van der Waals surface area (Å²) in [7, 11) is -10.3. The number of anilines is 2. The number of aliphatic hydroxyl groups excluding tert-OH is 2. The van der Waals surface area contributed by atoms with Crippen LogP contribution in [0.25, 0.3) is 22.2 Å². The SMILES string of the molecule is Nc1nc2c(ncn2C2OC3COP(=O)(O)OC4C(COP(=O)([O-])OC2C3O)CC(n2ccc3c(N)ncnc32)C4O)c(=O)[nH]1. The number of hydrogen-bond donors (Lipinski definition) is 6. The van der Waals surface area contributed by atoms with Crippen molar-refractivity contribution < 1.29 is 52.0 Å². The smallest absolute Gasteiger partial charge is 0.472 e. The number of aromatic amines is 1. The number of H-pyrrole nitrogens is 1. The predicted molar refractivity (Wildman–Crippen MR) is 147 cm³/mol. The van der Waals surface area contributed by atoms with Crippen molar-refractivity contribution in [3.05, 3.63) is 35.3 Å². The van der Waals surface area contributed by atoms with Crippen molar-refractivity contribution in [1.29, 1.82) is 0 Å². The summed E-state index contributed by atoms with van der Waals surface area (Å²) in [5, 5.41) is 22.8. The molecule has 4 aromatic heterocycles. The van der Waals surface area contributed by atoms with Gasteiger partial charge in [-0.15, -0.1) is 0 Å². The van der Waals surface area contributed by atoms with Crippen LogP contribution in [0.1, 0.15) is 18.7 Å². The molecule has 1 aliphatic carbocycles. The fraction of sp³-hybridized carbons (Fsp3) is 0.500. The molecule has 45 heavy (non-hydrogen) atoms. The molecule has 4 aromatic rings. The highest BCUT2D eigenvalue weighted by atomic mass is 31.2. The van der Waals surface area contributed by atoms with Crippen molar-refractivity contribution in [2.45, 2.75) is 49.2 Å². The van der Waals surface area contributed by atoms with Crippen molar-refractivity contribution in [1.82, 2.24) is 34.1 Å². The van der Waals surface area contributed by atoms with E-state index >= 15 is 0 Å². The number of phosphoric ester groups is 2. The van der Waals surface area contributed by atoms with Crippen LogP contribution < -0.4 is 21.9 Å². The second-order valence-electron chi connectivity index (χ2n) is 10.8. The maximum atomic E-state index is 13.1. The lowest BCUT2D eigenvalue weighted by molar-refractivity contribution is -0.236. The number of nitrogen functional groups attached to an aromatic ring is 2. The number of rotatable bonds is 2. The van der Waals surface area contributed by atoms with Gasteiger partial charge in [-0.25, -0.2) is 19.5 Å². The molecule has 6 heterocycles. The summed E-state index contributed by atoms with van der Waals surface area (Å²) in [6.07, 6.45) is -5.46. The van der Waals surface area contributed by atoms with E-state index in [2.05, 4.69) is 24.9 Å². The van der Waals surface area contributed by atoms with Gasteiger partial charge in [0, 0.05) is 12.1 Å². The van der Waals surface area contributed by atoms with Crippen LogP contribution in [0.3, 0.4) is 0 Å². The predicted octanol–water partition coefficient (Wildman–Crippen LogP) is -1.70. The average molecular weight is 670 g/mol. The lowest BCUT2D eigenvalue weighted by Gasteiger charge is -2.31. The third kappa shape index (κ3) is 5.34. The maximum absolute atomic E-state index is 13.1. The van der Waals surface area contributed by atoms with Crippen LogP contribution in [0, 0.1) is 5.92 Å². The third-order valence-corrected chi connectivity index (χ3v) is 9.98. The number of aromatic nitrogens is 7. The number of ether oxygens (including phenoxy) is 1. The minimum absolute atomic E-state index is 0.00258. The van der Waals surface area contributed by atoms with E-state index in [0.717, 1.165) is 10.9 Å². The zero-order chi connectivity index (χ0) is 31.8. The summed E-state index contributed by atoms with van der Waals surface area (Å²) < 4.78 is 55.7. The van der Waals surface area contributed by atoms with E-state index in [1.165, 1.54) is 6.33 Å². The van der Waals surface area contributed by atoms with Gasteiger partial charge in [0.15, 0.2) is 17.4 Å². The number of phosphoric acid groups is 2. The molecule has 7 rings (SSSR count). The number of nitrogens with two attached hydrogens (primary N) is 2. The highest BCUT2D eigenvalue weighted by molar-refractivity contribution is 7.47. The van der Waals surface area contributed by atoms with E-state index in [9.17, 15) is 33.9 Å². The van der Waals surface area contributed by atoms with Gasteiger partial charge >= 0.3 is 7.82 Å². The third-order valence-electron chi connectivity index (χ3n) is 8.03. The van der Waals surface area contributed by atoms with Crippen molar-refractivity contribution >= 4 is 49.6 Å². The molecule has 0 spiro atoms. The van der Waals surface area contributed by atoms with Gasteiger partial charge in [-0.1, -0.05) is 0 Å². The Kier molecular flexibility index (Phi) is 7.34. The van der Waals surface area contributed by atoms with Crippen LogP contribution in [0.5, 0.6) is 0 Å². The van der Waals surface area contributed by atoms with Crippen molar-refractivity contribution in [3.8, 4) is 0 Å². The van der Waals surface area contributed by atoms with Crippen LogP contribution >= 0.6 is 15.6 Å². The Hall–Kier alpha value is -3.33. The number of aliphatic hydroxyl groups is 2. The number of imidazole rings is 1. The fourth-order valence-corrected chi connectivity index (χ4v) is 7.93. The molecule has 23 heteroatoms. The van der Waals surface area contributed by atoms with E-state index < -0.39 is 83.1 Å². The molecule has 10 unspecified atom stereocenters. The number of fused-ring (bicyclic) bond motifs is 5. The Labute approximate surface area is 250 Å². The summed E-state index contributed by atoms with van der Waals surface area (Å²) >= 11 is 0. The van der Waals surface area contributed by atoms with Gasteiger partial charge in [0.1, 0.15) is 48.3 Å². The summed E-state index contributed by atoms with van der Waals surface area (Å²) in [5.74, 6) is -1.07. The van der Waals surface area contributed by atoms with Crippen LogP contribution in [0.2, 0.25) is 0 Å². The van der Waals surface area contributed by atoms with Crippen molar-refractivity contribution in [2.75, 3.05) is 24.7 Å². The van der Waals surface area contributed by atoms with Gasteiger partial charge in [0.25, 0.3) is 13.4 Å². The zero-order valence-corrected chi connectivity index (χ0v) is 24.6. The average Bonchev–Trinajstić information content (AvgIpc) is 3.72. The molecule has 3 fully saturated rings. The molecule has 21 nitrogen and oxygen atoms in total. The minimum atomic E-state index is -5.27. The highest BCUT2D eigenvalue weighted by Crippen LogP contribution is 2.54. The zero-order valence-electron chi connectivity index (χ0n) is 22.8. The van der Waals surface area contributed by atoms with Crippen molar-refractivity contribution in [2.24, 2.45) is 5.92 Å². The quantitative estimate of drug-likeness (QED) is 0.129. The molecule has 2 saturated heterocycles. The summed E-state index contributed by atoms with van der Waals surface area (Å²) in [6.45, 7) is -1.44. The molecular formula is C22H26N9O12P2-. The van der Waals surface area contributed by atoms with E-state index in [4.69, 9.17) is 34.3 Å². The lowest BCUT2D eigenvalue weighted by atomic mass is 10.1. The Balaban J connectivity index is 1.21. The highest BCUT2D eigenvalue weighted by Gasteiger charge is 2.52. The van der Waals surface area contributed by atoms with Gasteiger partial charge in [0.05, 0.1) is 31.0 Å². The molecule has 1 saturated carbocycles. The molecule has 2 aliphatic heterocycles. The summed E-state index contributed by atoms with van der Waals surface area (Å²) in [4.78, 5) is 54.4. The molecule has 2 bridgehead atoms. The van der Waals surface area contributed by atoms with Gasteiger partial charge in [-0.3, -0.25) is 28.0 Å². The molecule has 0 aromatic carbocycles. The first-order valence-electron chi connectivity index (χ1n) is 13.4. The molecule has 10 atom stereocenters. The van der Waals surface area contributed by atoms with Crippen LogP contribution in [-0.2, 0) is 32.0 Å². The van der Waals surface area contributed by atoms with Crippen LogP contribution in [0.4, 0.5) is 11.8 Å². The van der Waals surface area contributed by atoms with E-state index in [0.29, 0.717) is 11.0 Å². The monoisotopic (exact) mass is 670 g/mol. The number of hydrogen-bond acceptors (Lipinski definition) is 17. The number of nitrogens with one attached hydrogen (secondary N) is 1. The molecule has 0 radical (unpaired) electrons. The first kappa shape index (κ1) is 30.3. The standard InChI is InChI=1S/C22H27N9O12P2/c23-17-9-1-2-30(18(9)26-6-25-17)10-3-8-4-39-44(35,36)43-16-14(33)11(5-40-45(37,38)42-15(8)13(10)32)41-21(16)31-7-27-12-19(31)28-22(24)29-20(12)34/h1-2,6-8,10-11,13-16,21,32-33H,3-5H2,(H,35,36)(H,37,38)(H2,23,25,26)(H3,24,28,29,34)/p-1. The lowest BCUT2D eigenvalue weighted by Crippen LogP contribution is -2.36. The van der Waals surface area contributed by atoms with E-state index in [-0.39, 0.29) is 29.4 Å². The van der Waals surface area contributed by atoms with Crippen LogP contribution in [0.15, 0.2) is 29.7 Å². The minimum Gasteiger partial charge on any atom is -0.756 e. The molecular weight excluding hydrogens is 644 g/mol. The topological polar surface area (TPSA) is 310 Å². The summed E-state index contributed by atoms with van der Waals surface area (Å²) in [6, 6.07) is 0.808. The second-order valence-corrected chi connectivity index (χ2v) is 13.5. The first-order valence-corrected chi connectivity index (χ1v) is 16.4. The summed E-state index contributed by atoms with van der Waals surface area (Å²) in [5.41, 5.74) is 11.0. The van der Waals surface area contributed by atoms with Gasteiger partial charge in [-0.2, -0.15) is 4.98 Å². The molecule has 3 aliphatic rings. The normalized spacial score (nSPS) is 37.7. The van der Waals surface area contributed by atoms with Gasteiger partial charge < -0.3 is 49.8 Å². The Bertz CT molecular complexity index is 1930.